The SMILES string of the molecule is Cc1cc(Nc2cc(C(F)F)ccn2)nc(-c2ccc([C@](C)(O)[C@H]3CC[C@H](C(=O)OCn4nnc(C)n4)CC3)nc2)c1. The average Bonchev–Trinajstić information content (AvgIpc) is 3.40. The number of carbonyl (C=O) groups is 1. The molecular formula is C29H32F2N8O3. The van der Waals surface area contributed by atoms with E-state index in [1.165, 1.54) is 23.1 Å². The van der Waals surface area contributed by atoms with Crippen LogP contribution in [-0.2, 0) is 21.9 Å². The summed E-state index contributed by atoms with van der Waals surface area (Å²) in [6, 6.07) is 9.89. The van der Waals surface area contributed by atoms with Gasteiger partial charge in [0.15, 0.2) is 5.82 Å². The lowest BCUT2D eigenvalue weighted by molar-refractivity contribution is -0.156. The van der Waals surface area contributed by atoms with Gasteiger partial charge in [0.2, 0.25) is 6.73 Å². The minimum absolute atomic E-state index is 0.0796. The first-order valence-electron chi connectivity index (χ1n) is 13.7. The number of nitrogens with one attached hydrogen (secondary N) is 1. The molecule has 5 rings (SSSR count). The summed E-state index contributed by atoms with van der Waals surface area (Å²) in [4.78, 5) is 27.1. The fourth-order valence-electron chi connectivity index (χ4n) is 5.22. The number of aryl methyl sites for hydroxylation is 2. The second-order valence-electron chi connectivity index (χ2n) is 10.7. The number of nitrogens with zero attached hydrogens (tertiary/aromatic N) is 7. The van der Waals surface area contributed by atoms with Gasteiger partial charge in [0, 0.05) is 23.5 Å². The fraction of sp³-hybridized carbons (Fsp3) is 0.414. The van der Waals surface area contributed by atoms with Crippen LogP contribution >= 0.6 is 0 Å². The van der Waals surface area contributed by atoms with E-state index in [0.717, 1.165) is 11.1 Å². The number of aliphatic hydroxyl groups is 1. The van der Waals surface area contributed by atoms with Crippen molar-refractivity contribution < 1.29 is 23.4 Å². The molecule has 1 atom stereocenters. The van der Waals surface area contributed by atoms with Crippen molar-refractivity contribution in [2.75, 3.05) is 5.32 Å². The highest BCUT2D eigenvalue weighted by atomic mass is 19.3. The third kappa shape index (κ3) is 6.73. The van der Waals surface area contributed by atoms with Gasteiger partial charge in [-0.05, 0) is 99.5 Å². The van der Waals surface area contributed by atoms with E-state index in [9.17, 15) is 18.7 Å². The summed E-state index contributed by atoms with van der Waals surface area (Å²) in [5.41, 5.74) is 1.49. The predicted octanol–water partition coefficient (Wildman–Crippen LogP) is 5.04. The maximum atomic E-state index is 13.1. The van der Waals surface area contributed by atoms with Crippen molar-refractivity contribution in [3.63, 3.8) is 0 Å². The smallest absolute Gasteiger partial charge is 0.310 e. The van der Waals surface area contributed by atoms with Crippen LogP contribution < -0.4 is 5.32 Å². The lowest BCUT2D eigenvalue weighted by Crippen LogP contribution is -2.37. The maximum Gasteiger partial charge on any atom is 0.310 e. The van der Waals surface area contributed by atoms with Crippen LogP contribution in [0.2, 0.25) is 0 Å². The van der Waals surface area contributed by atoms with Crippen LogP contribution in [0.25, 0.3) is 11.3 Å². The van der Waals surface area contributed by atoms with Gasteiger partial charge in [0.05, 0.1) is 17.3 Å². The molecule has 1 fully saturated rings. The molecule has 4 aromatic rings. The molecule has 1 saturated carbocycles. The van der Waals surface area contributed by atoms with E-state index in [0.29, 0.717) is 48.7 Å². The predicted molar refractivity (Wildman–Crippen MR) is 148 cm³/mol. The minimum atomic E-state index is -2.60. The standard InChI is InChI=1S/C29H32F2N8O3/c1-17-12-23(34-26(13-17)35-25-14-20(27(30)31)10-11-32-25)21-6-9-24(33-15-21)29(3,41)22-7-4-19(5-8-22)28(40)42-16-39-37-18(2)36-38-39/h6,9-15,19,22,27,41H,4-5,7-8,16H2,1-3H3,(H,32,34,35)/t19-,22-,29-/m1/s1. The van der Waals surface area contributed by atoms with E-state index in [1.54, 1.807) is 32.2 Å². The minimum Gasteiger partial charge on any atom is -0.440 e. The molecule has 1 aliphatic rings. The van der Waals surface area contributed by atoms with E-state index < -0.39 is 12.0 Å². The van der Waals surface area contributed by atoms with Crippen molar-refractivity contribution in [1.29, 1.82) is 0 Å². The van der Waals surface area contributed by atoms with Crippen LogP contribution in [-0.4, -0.2) is 46.2 Å². The normalized spacial score (nSPS) is 18.5. The number of anilines is 2. The monoisotopic (exact) mass is 578 g/mol. The van der Waals surface area contributed by atoms with Crippen molar-refractivity contribution in [3.05, 3.63) is 71.4 Å². The second-order valence-corrected chi connectivity index (χ2v) is 10.7. The summed E-state index contributed by atoms with van der Waals surface area (Å²) in [6.07, 6.45) is 2.87. The highest BCUT2D eigenvalue weighted by Gasteiger charge is 2.39. The molecule has 13 heteroatoms. The Morgan fingerprint density at radius 2 is 1.90 bits per heavy atom. The summed E-state index contributed by atoms with van der Waals surface area (Å²) >= 11 is 0. The van der Waals surface area contributed by atoms with Gasteiger partial charge in [-0.15, -0.1) is 15.0 Å². The molecule has 42 heavy (non-hydrogen) atoms. The Labute approximate surface area is 241 Å². The Hall–Kier alpha value is -4.39. The zero-order valence-corrected chi connectivity index (χ0v) is 23.5. The number of hydrogen-bond donors (Lipinski definition) is 2. The molecule has 0 spiro atoms. The Balaban J connectivity index is 1.21. The van der Waals surface area contributed by atoms with Crippen LogP contribution in [0.5, 0.6) is 0 Å². The summed E-state index contributed by atoms with van der Waals surface area (Å²) in [7, 11) is 0. The number of carbonyl (C=O) groups excluding carboxylic acids is 1. The third-order valence-electron chi connectivity index (χ3n) is 7.57. The van der Waals surface area contributed by atoms with Crippen LogP contribution in [0.3, 0.4) is 0 Å². The van der Waals surface area contributed by atoms with Crippen LogP contribution in [0.1, 0.15) is 61.7 Å². The number of halogens is 2. The quantitative estimate of drug-likeness (QED) is 0.260. The molecule has 0 bridgehead atoms. The number of ether oxygens (including phenoxy) is 1. The van der Waals surface area contributed by atoms with Crippen LogP contribution in [0, 0.1) is 25.7 Å². The van der Waals surface area contributed by atoms with E-state index in [4.69, 9.17) is 4.74 Å². The number of aromatic nitrogens is 7. The number of alkyl halides is 2. The largest absolute Gasteiger partial charge is 0.440 e. The zero-order valence-electron chi connectivity index (χ0n) is 23.5. The van der Waals surface area contributed by atoms with Gasteiger partial charge in [-0.25, -0.2) is 18.7 Å². The van der Waals surface area contributed by atoms with E-state index >= 15 is 0 Å². The molecule has 11 nitrogen and oxygen atoms in total. The molecule has 1 aliphatic carbocycles. The zero-order chi connectivity index (χ0) is 29.9. The van der Waals surface area contributed by atoms with Crippen molar-refractivity contribution in [2.45, 2.75) is 65.2 Å². The summed E-state index contributed by atoms with van der Waals surface area (Å²) < 4.78 is 31.5. The lowest BCUT2D eigenvalue weighted by Gasteiger charge is -2.37. The van der Waals surface area contributed by atoms with Crippen LogP contribution in [0.4, 0.5) is 20.4 Å². The molecule has 0 aromatic carbocycles. The molecule has 2 N–H and O–H groups in total. The average molecular weight is 579 g/mol. The number of pyridine rings is 3. The molecule has 0 aliphatic heterocycles. The summed E-state index contributed by atoms with van der Waals surface area (Å²) in [5.74, 6) is 0.599. The first-order chi connectivity index (χ1) is 20.1. The van der Waals surface area contributed by atoms with Gasteiger partial charge >= 0.3 is 5.97 Å². The van der Waals surface area contributed by atoms with Gasteiger partial charge in [-0.1, -0.05) is 0 Å². The van der Waals surface area contributed by atoms with Crippen LogP contribution in [0.15, 0.2) is 48.8 Å². The number of hydrogen-bond acceptors (Lipinski definition) is 10. The molecule has 0 saturated heterocycles. The maximum absolute atomic E-state index is 13.1. The Morgan fingerprint density at radius 1 is 1.12 bits per heavy atom. The van der Waals surface area contributed by atoms with Gasteiger partial charge in [0.1, 0.15) is 17.2 Å². The van der Waals surface area contributed by atoms with Crippen molar-refractivity contribution in [1.82, 2.24) is 35.2 Å². The molecule has 4 heterocycles. The van der Waals surface area contributed by atoms with Crippen molar-refractivity contribution >= 4 is 17.6 Å². The van der Waals surface area contributed by atoms with E-state index in [1.807, 2.05) is 19.1 Å². The number of tetrazole rings is 1. The van der Waals surface area contributed by atoms with Gasteiger partial charge in [-0.3, -0.25) is 9.78 Å². The highest BCUT2D eigenvalue weighted by Crippen LogP contribution is 2.41. The summed E-state index contributed by atoms with van der Waals surface area (Å²) in [5, 5.41) is 26.0. The van der Waals surface area contributed by atoms with Gasteiger partial charge in [0.25, 0.3) is 6.43 Å². The second kappa shape index (κ2) is 12.2. The molecule has 0 amide bonds. The fourth-order valence-corrected chi connectivity index (χ4v) is 5.22. The first kappa shape index (κ1) is 29.1. The Bertz CT molecular complexity index is 1540. The Kier molecular flexibility index (Phi) is 8.48. The molecule has 4 aromatic heterocycles. The van der Waals surface area contributed by atoms with Gasteiger partial charge < -0.3 is 15.2 Å². The first-order valence-corrected chi connectivity index (χ1v) is 13.7. The number of rotatable bonds is 9. The number of esters is 1. The molecule has 220 valence electrons. The van der Waals surface area contributed by atoms with Crippen molar-refractivity contribution in [2.24, 2.45) is 11.8 Å². The van der Waals surface area contributed by atoms with E-state index in [-0.39, 0.29) is 35.9 Å². The molecule has 0 unspecified atom stereocenters. The molecular weight excluding hydrogens is 546 g/mol. The Morgan fingerprint density at radius 3 is 2.57 bits per heavy atom. The topological polar surface area (TPSA) is 141 Å². The molecule has 0 radical (unpaired) electrons. The lowest BCUT2D eigenvalue weighted by atomic mass is 9.73. The third-order valence-corrected chi connectivity index (χ3v) is 7.57. The summed E-state index contributed by atoms with van der Waals surface area (Å²) in [6.45, 7) is 5.29. The highest BCUT2D eigenvalue weighted by molar-refractivity contribution is 5.72. The van der Waals surface area contributed by atoms with Crippen molar-refractivity contribution in [3.8, 4) is 11.3 Å². The van der Waals surface area contributed by atoms with Gasteiger partial charge in [-0.2, -0.15) is 0 Å². The van der Waals surface area contributed by atoms with E-state index in [2.05, 4.69) is 35.7 Å².